The summed E-state index contributed by atoms with van der Waals surface area (Å²) >= 11 is 0. The third kappa shape index (κ3) is 1.51. The molecular formula is C10H9FN2O. The van der Waals surface area contributed by atoms with Crippen molar-refractivity contribution in [1.82, 2.24) is 10.2 Å². The molecule has 0 saturated heterocycles. The smallest absolute Gasteiger partial charge is 0.250 e. The lowest BCUT2D eigenvalue weighted by Crippen LogP contribution is -1.85. The number of aromatic nitrogens is 2. The summed E-state index contributed by atoms with van der Waals surface area (Å²) in [7, 11) is 0. The molecule has 0 aliphatic rings. The fourth-order valence-corrected chi connectivity index (χ4v) is 1.20. The molecule has 2 aromatic rings. The zero-order valence-electron chi connectivity index (χ0n) is 7.91. The number of halogens is 1. The van der Waals surface area contributed by atoms with Crippen LogP contribution >= 0.6 is 0 Å². The molecule has 0 atom stereocenters. The second-order valence-corrected chi connectivity index (χ2v) is 3.11. The molecule has 2 rings (SSSR count). The number of aryl methyl sites for hydroxylation is 2. The van der Waals surface area contributed by atoms with Crippen LogP contribution in [0.15, 0.2) is 22.6 Å². The van der Waals surface area contributed by atoms with Crippen molar-refractivity contribution in [3.05, 3.63) is 35.5 Å². The minimum absolute atomic E-state index is 0.222. The highest BCUT2D eigenvalue weighted by molar-refractivity contribution is 5.54. The van der Waals surface area contributed by atoms with Gasteiger partial charge in [-0.15, -0.1) is 10.2 Å². The maximum atomic E-state index is 13.4. The average molecular weight is 192 g/mol. The first-order valence-electron chi connectivity index (χ1n) is 4.23. The SMILES string of the molecule is Cc1ccc(-c2nnc(C)o2)c(F)c1. The van der Waals surface area contributed by atoms with Crippen molar-refractivity contribution < 1.29 is 8.81 Å². The van der Waals surface area contributed by atoms with Crippen molar-refractivity contribution >= 4 is 0 Å². The van der Waals surface area contributed by atoms with Crippen molar-refractivity contribution in [2.75, 3.05) is 0 Å². The molecule has 0 spiro atoms. The van der Waals surface area contributed by atoms with Crippen LogP contribution in [0.2, 0.25) is 0 Å². The fraction of sp³-hybridized carbons (Fsp3) is 0.200. The van der Waals surface area contributed by atoms with Gasteiger partial charge in [-0.25, -0.2) is 4.39 Å². The van der Waals surface area contributed by atoms with E-state index in [0.29, 0.717) is 11.5 Å². The van der Waals surface area contributed by atoms with Crippen LogP contribution < -0.4 is 0 Å². The molecule has 0 aliphatic heterocycles. The summed E-state index contributed by atoms with van der Waals surface area (Å²) in [6, 6.07) is 4.88. The molecule has 0 bridgehead atoms. The molecule has 0 aliphatic carbocycles. The molecule has 0 saturated carbocycles. The van der Waals surface area contributed by atoms with E-state index in [4.69, 9.17) is 4.42 Å². The van der Waals surface area contributed by atoms with E-state index in [-0.39, 0.29) is 11.7 Å². The maximum absolute atomic E-state index is 13.4. The normalized spacial score (nSPS) is 10.5. The number of benzene rings is 1. The molecular weight excluding hydrogens is 183 g/mol. The van der Waals surface area contributed by atoms with E-state index in [2.05, 4.69) is 10.2 Å². The van der Waals surface area contributed by atoms with Crippen LogP contribution in [-0.4, -0.2) is 10.2 Å². The summed E-state index contributed by atoms with van der Waals surface area (Å²) in [5, 5.41) is 7.39. The number of rotatable bonds is 1. The van der Waals surface area contributed by atoms with Crippen LogP contribution in [0, 0.1) is 19.7 Å². The predicted molar refractivity (Wildman–Crippen MR) is 49.2 cm³/mol. The van der Waals surface area contributed by atoms with Crippen LogP contribution in [0.4, 0.5) is 4.39 Å². The van der Waals surface area contributed by atoms with E-state index in [1.807, 2.05) is 6.92 Å². The van der Waals surface area contributed by atoms with E-state index in [1.54, 1.807) is 19.1 Å². The Kier molecular flexibility index (Phi) is 2.04. The number of hydrogen-bond donors (Lipinski definition) is 0. The molecule has 0 fully saturated rings. The summed E-state index contributed by atoms with van der Waals surface area (Å²) in [5.74, 6) is 0.314. The summed E-state index contributed by atoms with van der Waals surface area (Å²) in [4.78, 5) is 0. The Morgan fingerprint density at radius 1 is 1.21 bits per heavy atom. The highest BCUT2D eigenvalue weighted by atomic mass is 19.1. The Morgan fingerprint density at radius 2 is 2.00 bits per heavy atom. The molecule has 4 heteroatoms. The van der Waals surface area contributed by atoms with E-state index >= 15 is 0 Å². The lowest BCUT2D eigenvalue weighted by atomic mass is 10.1. The van der Waals surface area contributed by atoms with Gasteiger partial charge in [0.2, 0.25) is 5.89 Å². The topological polar surface area (TPSA) is 38.9 Å². The Hall–Kier alpha value is -1.71. The van der Waals surface area contributed by atoms with Crippen molar-refractivity contribution in [2.45, 2.75) is 13.8 Å². The van der Waals surface area contributed by atoms with Gasteiger partial charge in [0.05, 0.1) is 5.56 Å². The molecule has 1 aromatic heterocycles. The van der Waals surface area contributed by atoms with Crippen LogP contribution in [-0.2, 0) is 0 Å². The van der Waals surface area contributed by atoms with Gasteiger partial charge in [-0.1, -0.05) is 6.07 Å². The van der Waals surface area contributed by atoms with E-state index in [0.717, 1.165) is 5.56 Å². The van der Waals surface area contributed by atoms with Crippen LogP contribution in [0.1, 0.15) is 11.5 Å². The Balaban J connectivity index is 2.52. The quantitative estimate of drug-likeness (QED) is 0.696. The molecule has 3 nitrogen and oxygen atoms in total. The second kappa shape index (κ2) is 3.21. The second-order valence-electron chi connectivity index (χ2n) is 3.11. The highest BCUT2D eigenvalue weighted by Gasteiger charge is 2.10. The van der Waals surface area contributed by atoms with Gasteiger partial charge >= 0.3 is 0 Å². The predicted octanol–water partition coefficient (Wildman–Crippen LogP) is 2.49. The first-order valence-corrected chi connectivity index (χ1v) is 4.23. The van der Waals surface area contributed by atoms with E-state index < -0.39 is 0 Å². The third-order valence-corrected chi connectivity index (χ3v) is 1.88. The van der Waals surface area contributed by atoms with Crippen molar-refractivity contribution in [3.63, 3.8) is 0 Å². The van der Waals surface area contributed by atoms with E-state index in [1.165, 1.54) is 6.07 Å². The average Bonchev–Trinajstić information content (AvgIpc) is 2.51. The van der Waals surface area contributed by atoms with Gasteiger partial charge in [0, 0.05) is 6.92 Å². The molecule has 1 aromatic carbocycles. The highest BCUT2D eigenvalue weighted by Crippen LogP contribution is 2.21. The molecule has 0 N–H and O–H groups in total. The number of hydrogen-bond acceptors (Lipinski definition) is 3. The summed E-state index contributed by atoms with van der Waals surface area (Å²) in [5.41, 5.74) is 1.21. The zero-order chi connectivity index (χ0) is 10.1. The number of nitrogens with zero attached hydrogens (tertiary/aromatic N) is 2. The lowest BCUT2D eigenvalue weighted by Gasteiger charge is -1.98. The van der Waals surface area contributed by atoms with Gasteiger partial charge in [0.15, 0.2) is 0 Å². The maximum Gasteiger partial charge on any atom is 0.250 e. The summed E-state index contributed by atoms with van der Waals surface area (Å²) in [6.07, 6.45) is 0. The largest absolute Gasteiger partial charge is 0.421 e. The van der Waals surface area contributed by atoms with Crippen LogP contribution in [0.3, 0.4) is 0 Å². The molecule has 72 valence electrons. The van der Waals surface area contributed by atoms with Crippen molar-refractivity contribution in [3.8, 4) is 11.5 Å². The van der Waals surface area contributed by atoms with Gasteiger partial charge in [-0.05, 0) is 24.6 Å². The standard InChI is InChI=1S/C10H9FN2O/c1-6-3-4-8(9(11)5-6)10-13-12-7(2)14-10/h3-5H,1-2H3. The Bertz CT molecular complexity index is 465. The third-order valence-electron chi connectivity index (χ3n) is 1.88. The molecule has 0 amide bonds. The molecule has 0 radical (unpaired) electrons. The lowest BCUT2D eigenvalue weighted by molar-refractivity contribution is 0.526. The van der Waals surface area contributed by atoms with Gasteiger partial charge in [-0.2, -0.15) is 0 Å². The summed E-state index contributed by atoms with van der Waals surface area (Å²) in [6.45, 7) is 3.49. The van der Waals surface area contributed by atoms with E-state index in [9.17, 15) is 4.39 Å². The summed E-state index contributed by atoms with van der Waals surface area (Å²) < 4.78 is 18.5. The Labute approximate surface area is 80.6 Å². The zero-order valence-corrected chi connectivity index (χ0v) is 7.91. The van der Waals surface area contributed by atoms with Gasteiger partial charge in [0.25, 0.3) is 5.89 Å². The van der Waals surface area contributed by atoms with Crippen molar-refractivity contribution in [1.29, 1.82) is 0 Å². The van der Waals surface area contributed by atoms with Gasteiger partial charge in [-0.3, -0.25) is 0 Å². The van der Waals surface area contributed by atoms with Gasteiger partial charge < -0.3 is 4.42 Å². The molecule has 14 heavy (non-hydrogen) atoms. The Morgan fingerprint density at radius 3 is 2.57 bits per heavy atom. The van der Waals surface area contributed by atoms with Gasteiger partial charge in [0.1, 0.15) is 5.82 Å². The molecule has 1 heterocycles. The monoisotopic (exact) mass is 192 g/mol. The first kappa shape index (κ1) is 8.87. The van der Waals surface area contributed by atoms with Crippen molar-refractivity contribution in [2.24, 2.45) is 0 Å². The minimum atomic E-state index is -0.339. The molecule has 0 unspecified atom stereocenters. The first-order chi connectivity index (χ1) is 6.66. The van der Waals surface area contributed by atoms with Crippen LogP contribution in [0.5, 0.6) is 0 Å². The fourth-order valence-electron chi connectivity index (χ4n) is 1.20. The van der Waals surface area contributed by atoms with Crippen LogP contribution in [0.25, 0.3) is 11.5 Å². The minimum Gasteiger partial charge on any atom is -0.421 e.